The van der Waals surface area contributed by atoms with E-state index >= 15 is 0 Å². The molecule has 0 fully saturated rings. The molecule has 0 bridgehead atoms. The standard InChI is InChI=1S/C13H14N2O4S/c1-19-11-4-2-3-9(13(11)16)7-14-10-5-6-12(15-8-10)20(17)18/h2-6,8,14,16H,7H2,1H3,(H,17,18). The Morgan fingerprint density at radius 3 is 2.75 bits per heavy atom. The van der Waals surface area contributed by atoms with Gasteiger partial charge in [0.25, 0.3) is 0 Å². The van der Waals surface area contributed by atoms with Crippen molar-refractivity contribution in [2.24, 2.45) is 0 Å². The molecule has 0 aliphatic heterocycles. The number of nitrogens with one attached hydrogen (secondary N) is 1. The average Bonchev–Trinajstić information content (AvgIpc) is 2.46. The third kappa shape index (κ3) is 3.25. The summed E-state index contributed by atoms with van der Waals surface area (Å²) in [5.74, 6) is 0.497. The van der Waals surface area contributed by atoms with Crippen molar-refractivity contribution in [2.75, 3.05) is 12.4 Å². The van der Waals surface area contributed by atoms with Gasteiger partial charge in [0.1, 0.15) is 0 Å². The number of nitrogens with zero attached hydrogens (tertiary/aromatic N) is 1. The van der Waals surface area contributed by atoms with Crippen LogP contribution in [0.1, 0.15) is 5.56 Å². The van der Waals surface area contributed by atoms with Crippen molar-refractivity contribution in [3.8, 4) is 11.5 Å². The molecule has 0 aliphatic rings. The van der Waals surface area contributed by atoms with Crippen LogP contribution in [0.4, 0.5) is 5.69 Å². The highest BCUT2D eigenvalue weighted by Gasteiger charge is 2.07. The molecule has 1 aromatic carbocycles. The highest BCUT2D eigenvalue weighted by atomic mass is 32.2. The van der Waals surface area contributed by atoms with Gasteiger partial charge in [-0.3, -0.25) is 0 Å². The van der Waals surface area contributed by atoms with Gasteiger partial charge in [0.05, 0.1) is 19.0 Å². The number of aromatic nitrogens is 1. The Kier molecular flexibility index (Phi) is 4.54. The van der Waals surface area contributed by atoms with E-state index in [0.29, 0.717) is 23.5 Å². The smallest absolute Gasteiger partial charge is 0.205 e. The van der Waals surface area contributed by atoms with Gasteiger partial charge in [0.2, 0.25) is 11.1 Å². The molecule has 1 aromatic heterocycles. The number of anilines is 1. The number of benzene rings is 1. The van der Waals surface area contributed by atoms with Crippen LogP contribution >= 0.6 is 0 Å². The molecule has 0 spiro atoms. The first-order valence-corrected chi connectivity index (χ1v) is 6.88. The summed E-state index contributed by atoms with van der Waals surface area (Å²) in [6, 6.07) is 8.34. The molecule has 0 saturated heterocycles. The molecule has 2 aromatic rings. The summed E-state index contributed by atoms with van der Waals surface area (Å²) in [5, 5.41) is 13.1. The van der Waals surface area contributed by atoms with E-state index in [-0.39, 0.29) is 10.8 Å². The maximum atomic E-state index is 10.8. The summed E-state index contributed by atoms with van der Waals surface area (Å²) in [4.78, 5) is 3.85. The Balaban J connectivity index is 2.07. The minimum absolute atomic E-state index is 0.0866. The summed E-state index contributed by atoms with van der Waals surface area (Å²) in [5.41, 5.74) is 1.36. The van der Waals surface area contributed by atoms with Crippen LogP contribution in [0.15, 0.2) is 41.6 Å². The monoisotopic (exact) mass is 294 g/mol. The van der Waals surface area contributed by atoms with Crippen molar-refractivity contribution in [3.05, 3.63) is 42.1 Å². The lowest BCUT2D eigenvalue weighted by Gasteiger charge is -2.10. The van der Waals surface area contributed by atoms with Crippen molar-refractivity contribution in [1.29, 1.82) is 0 Å². The third-order valence-corrected chi connectivity index (χ3v) is 3.30. The predicted octanol–water partition coefficient (Wildman–Crippen LogP) is 1.99. The number of hydrogen-bond acceptors (Lipinski definition) is 5. The zero-order valence-corrected chi connectivity index (χ0v) is 11.6. The van der Waals surface area contributed by atoms with Crippen LogP contribution in [0, 0.1) is 0 Å². The van der Waals surface area contributed by atoms with Gasteiger partial charge in [-0.05, 0) is 18.2 Å². The van der Waals surface area contributed by atoms with Gasteiger partial charge in [-0.1, -0.05) is 12.1 Å². The van der Waals surface area contributed by atoms with Crippen molar-refractivity contribution in [1.82, 2.24) is 4.98 Å². The minimum Gasteiger partial charge on any atom is -0.504 e. The fraction of sp³-hybridized carbons (Fsp3) is 0.154. The first-order valence-electron chi connectivity index (χ1n) is 5.77. The lowest BCUT2D eigenvalue weighted by Crippen LogP contribution is -2.01. The molecule has 2 rings (SSSR count). The Labute approximate surface area is 118 Å². The van der Waals surface area contributed by atoms with Gasteiger partial charge in [-0.15, -0.1) is 0 Å². The summed E-state index contributed by atoms with van der Waals surface area (Å²) in [6.07, 6.45) is 1.46. The van der Waals surface area contributed by atoms with E-state index in [1.807, 2.05) is 0 Å². The molecular weight excluding hydrogens is 280 g/mol. The first kappa shape index (κ1) is 14.3. The molecule has 1 atom stereocenters. The van der Waals surface area contributed by atoms with Crippen molar-refractivity contribution in [2.45, 2.75) is 11.6 Å². The summed E-state index contributed by atoms with van der Waals surface area (Å²) in [7, 11) is 1.49. The molecule has 106 valence electrons. The normalized spacial score (nSPS) is 11.9. The number of phenolic OH excluding ortho intramolecular Hbond substituents is 1. The molecule has 1 unspecified atom stereocenters. The van der Waals surface area contributed by atoms with E-state index in [1.54, 1.807) is 24.3 Å². The second-order valence-corrected chi connectivity index (χ2v) is 4.87. The molecule has 3 N–H and O–H groups in total. The zero-order valence-electron chi connectivity index (χ0n) is 10.7. The topological polar surface area (TPSA) is 91.7 Å². The number of ether oxygens (including phenoxy) is 1. The minimum atomic E-state index is -2.08. The summed E-state index contributed by atoms with van der Waals surface area (Å²) < 4.78 is 24.7. The second kappa shape index (κ2) is 6.36. The molecule has 0 saturated carbocycles. The highest BCUT2D eigenvalue weighted by molar-refractivity contribution is 7.79. The van der Waals surface area contributed by atoms with Crippen LogP contribution < -0.4 is 10.1 Å². The van der Waals surface area contributed by atoms with Crippen LogP contribution in [-0.4, -0.2) is 26.0 Å². The lowest BCUT2D eigenvalue weighted by molar-refractivity contribution is 0.371. The van der Waals surface area contributed by atoms with Crippen LogP contribution in [-0.2, 0) is 17.6 Å². The van der Waals surface area contributed by atoms with Crippen LogP contribution in [0.2, 0.25) is 0 Å². The predicted molar refractivity (Wildman–Crippen MR) is 75.3 cm³/mol. The van der Waals surface area contributed by atoms with Crippen LogP contribution in [0.5, 0.6) is 11.5 Å². The molecule has 0 amide bonds. The van der Waals surface area contributed by atoms with E-state index < -0.39 is 11.1 Å². The molecule has 7 heteroatoms. The van der Waals surface area contributed by atoms with Gasteiger partial charge < -0.3 is 19.7 Å². The van der Waals surface area contributed by atoms with E-state index in [1.165, 1.54) is 19.4 Å². The van der Waals surface area contributed by atoms with Gasteiger partial charge in [-0.2, -0.15) is 0 Å². The molecular formula is C13H14N2O4S. The fourth-order valence-corrected chi connectivity index (χ4v) is 1.99. The number of phenols is 1. The van der Waals surface area contributed by atoms with Gasteiger partial charge in [-0.25, -0.2) is 9.19 Å². The van der Waals surface area contributed by atoms with Crippen molar-refractivity contribution < 1.29 is 18.6 Å². The van der Waals surface area contributed by atoms with Crippen LogP contribution in [0.3, 0.4) is 0 Å². The molecule has 0 radical (unpaired) electrons. The zero-order chi connectivity index (χ0) is 14.5. The summed E-state index contributed by atoms with van der Waals surface area (Å²) >= 11 is -2.08. The third-order valence-electron chi connectivity index (χ3n) is 2.70. The summed E-state index contributed by atoms with van der Waals surface area (Å²) in [6.45, 7) is 0.381. The molecule has 0 aliphatic carbocycles. The van der Waals surface area contributed by atoms with Gasteiger partial charge in [0.15, 0.2) is 16.5 Å². The Morgan fingerprint density at radius 2 is 2.15 bits per heavy atom. The number of rotatable bonds is 5. The number of aromatic hydroxyl groups is 1. The highest BCUT2D eigenvalue weighted by Crippen LogP contribution is 2.29. The molecule has 20 heavy (non-hydrogen) atoms. The number of methoxy groups -OCH3 is 1. The fourth-order valence-electron chi connectivity index (χ4n) is 1.66. The van der Waals surface area contributed by atoms with E-state index in [9.17, 15) is 9.32 Å². The van der Waals surface area contributed by atoms with Crippen molar-refractivity contribution in [3.63, 3.8) is 0 Å². The molecule has 1 heterocycles. The Morgan fingerprint density at radius 1 is 1.35 bits per heavy atom. The number of hydrogen-bond donors (Lipinski definition) is 3. The average molecular weight is 294 g/mol. The van der Waals surface area contributed by atoms with E-state index in [0.717, 1.165) is 0 Å². The quantitative estimate of drug-likeness (QED) is 0.730. The maximum absolute atomic E-state index is 10.8. The van der Waals surface area contributed by atoms with Gasteiger partial charge >= 0.3 is 0 Å². The van der Waals surface area contributed by atoms with Crippen molar-refractivity contribution >= 4 is 16.8 Å². The van der Waals surface area contributed by atoms with E-state index in [2.05, 4.69) is 10.3 Å². The SMILES string of the molecule is COc1cccc(CNc2ccc(S(=O)O)nc2)c1O. The lowest BCUT2D eigenvalue weighted by atomic mass is 10.2. The Bertz CT molecular complexity index is 616. The van der Waals surface area contributed by atoms with E-state index in [4.69, 9.17) is 9.29 Å². The molecule has 6 nitrogen and oxygen atoms in total. The van der Waals surface area contributed by atoms with Gasteiger partial charge in [0, 0.05) is 12.1 Å². The second-order valence-electron chi connectivity index (χ2n) is 3.96. The first-order chi connectivity index (χ1) is 9.61. The van der Waals surface area contributed by atoms with Crippen LogP contribution in [0.25, 0.3) is 0 Å². The largest absolute Gasteiger partial charge is 0.504 e. The maximum Gasteiger partial charge on any atom is 0.205 e. The Hall–Kier alpha value is -2.12. The number of para-hydroxylation sites is 1. The number of pyridine rings is 1.